The van der Waals surface area contributed by atoms with Gasteiger partial charge in [0.05, 0.1) is 24.7 Å². The van der Waals surface area contributed by atoms with Gasteiger partial charge >= 0.3 is 0 Å². The third-order valence-electron chi connectivity index (χ3n) is 5.84. The Morgan fingerprint density at radius 2 is 1.91 bits per heavy atom. The van der Waals surface area contributed by atoms with Gasteiger partial charge in [-0.05, 0) is 38.9 Å². The van der Waals surface area contributed by atoms with E-state index in [0.29, 0.717) is 12.5 Å². The maximum Gasteiger partial charge on any atom is 0.232 e. The van der Waals surface area contributed by atoms with Gasteiger partial charge in [0.25, 0.3) is 0 Å². The van der Waals surface area contributed by atoms with Crippen molar-refractivity contribution in [3.63, 3.8) is 0 Å². The molecule has 4 nitrogen and oxygen atoms in total. The molecular formula is C17H33NO3Si. The molecule has 0 spiro atoms. The molecule has 1 amide bonds. The molecule has 0 saturated carbocycles. The zero-order valence-electron chi connectivity index (χ0n) is 15.7. The van der Waals surface area contributed by atoms with Crippen LogP contribution in [0.2, 0.25) is 18.1 Å². The van der Waals surface area contributed by atoms with E-state index in [-0.39, 0.29) is 29.0 Å². The van der Waals surface area contributed by atoms with Crippen molar-refractivity contribution >= 4 is 14.2 Å². The maximum atomic E-state index is 12.7. The van der Waals surface area contributed by atoms with Crippen LogP contribution in [-0.2, 0) is 14.0 Å². The summed E-state index contributed by atoms with van der Waals surface area (Å²) in [5, 5.41) is 0.161. The standard InChI is InChI=1S/C17H33NO3Si/c1-11-10-20-17(6,7)18-14(11)13(15(18)19)12(2)21-22(8,9)16(3,4)5/h11-14H,10H2,1-9H3/t11-,12+,13+,14+/m0/s1. The fourth-order valence-corrected chi connectivity index (χ4v) is 4.89. The number of hydrogen-bond acceptors (Lipinski definition) is 3. The predicted molar refractivity (Wildman–Crippen MR) is 91.1 cm³/mol. The molecule has 22 heavy (non-hydrogen) atoms. The second kappa shape index (κ2) is 5.31. The topological polar surface area (TPSA) is 38.8 Å². The van der Waals surface area contributed by atoms with Crippen molar-refractivity contribution in [2.24, 2.45) is 11.8 Å². The van der Waals surface area contributed by atoms with Gasteiger partial charge in [0.2, 0.25) is 5.91 Å². The fraction of sp³-hybridized carbons (Fsp3) is 0.941. The first-order valence-electron chi connectivity index (χ1n) is 8.44. The van der Waals surface area contributed by atoms with Crippen LogP contribution in [0.25, 0.3) is 0 Å². The zero-order chi connectivity index (χ0) is 17.1. The summed E-state index contributed by atoms with van der Waals surface area (Å²) in [5.74, 6) is 0.529. The Bertz CT molecular complexity index is 455. The molecule has 0 bridgehead atoms. The van der Waals surface area contributed by atoms with E-state index in [0.717, 1.165) is 0 Å². The summed E-state index contributed by atoms with van der Waals surface area (Å²) in [6, 6.07) is 0.246. The molecule has 0 N–H and O–H groups in total. The number of nitrogens with zero attached hydrogens (tertiary/aromatic N) is 1. The van der Waals surface area contributed by atoms with Gasteiger partial charge in [0.15, 0.2) is 8.32 Å². The molecule has 0 aromatic rings. The number of hydrogen-bond donors (Lipinski definition) is 0. The Morgan fingerprint density at radius 1 is 1.36 bits per heavy atom. The third-order valence-corrected chi connectivity index (χ3v) is 10.4. The second-order valence-corrected chi connectivity index (χ2v) is 13.8. The lowest BCUT2D eigenvalue weighted by molar-refractivity contribution is -0.254. The highest BCUT2D eigenvalue weighted by atomic mass is 28.4. The average Bonchev–Trinajstić information content (AvgIpc) is 2.29. The summed E-state index contributed by atoms with van der Waals surface area (Å²) in [5.41, 5.74) is -0.485. The van der Waals surface area contributed by atoms with Gasteiger partial charge in [0, 0.05) is 5.92 Å². The number of carbonyl (C=O) groups excluding carboxylic acids is 1. The Balaban J connectivity index is 2.15. The van der Waals surface area contributed by atoms with E-state index in [4.69, 9.17) is 9.16 Å². The molecule has 4 atom stereocenters. The van der Waals surface area contributed by atoms with Crippen molar-refractivity contribution < 1.29 is 14.0 Å². The Labute approximate surface area is 136 Å². The number of carbonyl (C=O) groups is 1. The van der Waals surface area contributed by atoms with E-state index < -0.39 is 14.0 Å². The van der Waals surface area contributed by atoms with Gasteiger partial charge in [-0.3, -0.25) is 4.79 Å². The molecule has 2 saturated heterocycles. The number of ether oxygens (including phenoxy) is 1. The Morgan fingerprint density at radius 3 is 2.41 bits per heavy atom. The summed E-state index contributed by atoms with van der Waals surface area (Å²) in [6.07, 6.45) is -0.0222. The molecule has 0 aromatic carbocycles. The lowest BCUT2D eigenvalue weighted by Gasteiger charge is -2.61. The van der Waals surface area contributed by atoms with E-state index in [2.05, 4.69) is 47.7 Å². The highest BCUT2D eigenvalue weighted by molar-refractivity contribution is 6.74. The second-order valence-electron chi connectivity index (χ2n) is 9.04. The van der Waals surface area contributed by atoms with Gasteiger partial charge in [-0.1, -0.05) is 27.7 Å². The lowest BCUT2D eigenvalue weighted by atomic mass is 9.74. The molecule has 0 aliphatic carbocycles. The third kappa shape index (κ3) is 2.76. The summed E-state index contributed by atoms with van der Waals surface area (Å²) in [7, 11) is -1.86. The van der Waals surface area contributed by atoms with E-state index in [9.17, 15) is 4.79 Å². The molecule has 2 aliphatic rings. The number of fused-ring (bicyclic) bond motifs is 1. The van der Waals surface area contributed by atoms with Crippen LogP contribution >= 0.6 is 0 Å². The molecule has 128 valence electrons. The van der Waals surface area contributed by atoms with Crippen LogP contribution < -0.4 is 0 Å². The predicted octanol–water partition coefficient (Wildman–Crippen LogP) is 3.63. The van der Waals surface area contributed by atoms with Gasteiger partial charge in [-0.25, -0.2) is 0 Å². The quantitative estimate of drug-likeness (QED) is 0.587. The van der Waals surface area contributed by atoms with Gasteiger partial charge < -0.3 is 14.1 Å². The SMILES string of the molecule is C[C@H]1COC(C)(C)N2C(=O)[C@H]([C@@H](C)O[Si](C)(C)C(C)(C)C)[C@@H]12. The molecule has 0 unspecified atom stereocenters. The van der Waals surface area contributed by atoms with Gasteiger partial charge in [-0.15, -0.1) is 0 Å². The first kappa shape index (κ1) is 18.0. The van der Waals surface area contributed by atoms with Crippen molar-refractivity contribution in [2.75, 3.05) is 6.61 Å². The minimum absolute atomic E-state index is 0.0210. The van der Waals surface area contributed by atoms with Gasteiger partial charge in [0.1, 0.15) is 5.72 Å². The van der Waals surface area contributed by atoms with Crippen LogP contribution in [0.1, 0.15) is 48.5 Å². The minimum Gasteiger partial charge on any atom is -0.413 e. The number of β-lactam (4-membered cyclic amide) rings is 1. The van der Waals surface area contributed by atoms with Crippen LogP contribution in [0.4, 0.5) is 0 Å². The summed E-state index contributed by atoms with van der Waals surface area (Å²) < 4.78 is 12.3. The van der Waals surface area contributed by atoms with Crippen LogP contribution in [0, 0.1) is 11.8 Å². The number of rotatable bonds is 3. The lowest BCUT2D eigenvalue weighted by Crippen LogP contribution is -2.76. The van der Waals surface area contributed by atoms with Crippen molar-refractivity contribution in [1.82, 2.24) is 4.90 Å². The van der Waals surface area contributed by atoms with Crippen LogP contribution in [0.3, 0.4) is 0 Å². The van der Waals surface area contributed by atoms with Crippen molar-refractivity contribution in [2.45, 2.75) is 84.5 Å². The Kier molecular flexibility index (Phi) is 4.34. The van der Waals surface area contributed by atoms with Gasteiger partial charge in [-0.2, -0.15) is 0 Å². The molecule has 0 radical (unpaired) electrons. The molecule has 2 aliphatic heterocycles. The average molecular weight is 328 g/mol. The highest BCUT2D eigenvalue weighted by Gasteiger charge is 2.60. The largest absolute Gasteiger partial charge is 0.413 e. The number of amides is 1. The first-order valence-corrected chi connectivity index (χ1v) is 11.4. The van der Waals surface area contributed by atoms with E-state index in [1.165, 1.54) is 0 Å². The summed E-state index contributed by atoms with van der Waals surface area (Å²) in [4.78, 5) is 14.6. The molecule has 5 heteroatoms. The molecule has 0 aromatic heterocycles. The van der Waals surface area contributed by atoms with E-state index in [1.54, 1.807) is 0 Å². The Hall–Kier alpha value is -0.393. The molecule has 2 heterocycles. The van der Waals surface area contributed by atoms with E-state index >= 15 is 0 Å². The zero-order valence-corrected chi connectivity index (χ0v) is 16.7. The summed E-state index contributed by atoms with van der Waals surface area (Å²) in [6.45, 7) is 20.1. The minimum atomic E-state index is -1.86. The molecule has 2 fully saturated rings. The summed E-state index contributed by atoms with van der Waals surface area (Å²) >= 11 is 0. The van der Waals surface area contributed by atoms with Crippen LogP contribution in [0.5, 0.6) is 0 Å². The fourth-order valence-electron chi connectivity index (χ4n) is 3.46. The monoisotopic (exact) mass is 327 g/mol. The normalized spacial score (nSPS) is 33.2. The smallest absolute Gasteiger partial charge is 0.232 e. The molecular weight excluding hydrogens is 294 g/mol. The molecule has 2 rings (SSSR count). The van der Waals surface area contributed by atoms with Crippen molar-refractivity contribution in [1.29, 1.82) is 0 Å². The highest BCUT2D eigenvalue weighted by Crippen LogP contribution is 2.46. The van der Waals surface area contributed by atoms with Crippen molar-refractivity contribution in [3.8, 4) is 0 Å². The first-order chi connectivity index (χ1) is 9.79. The van der Waals surface area contributed by atoms with Crippen LogP contribution in [0.15, 0.2) is 0 Å². The van der Waals surface area contributed by atoms with Crippen molar-refractivity contribution in [3.05, 3.63) is 0 Å². The maximum absolute atomic E-state index is 12.7. The van der Waals surface area contributed by atoms with E-state index in [1.807, 2.05) is 18.7 Å². The van der Waals surface area contributed by atoms with Crippen LogP contribution in [-0.4, -0.2) is 43.6 Å².